The second-order valence-electron chi connectivity index (χ2n) is 33.7. The SMILES string of the molecule is C[C@@H]1O[C@@H](O[C@H]2[C@@H](O)[C@@H](C)O[C@@H](OC(=O)[C@]34CCC(C)(C)C[C@H]3C3=CC[C@@H]5[C@@]6(C)C[C@H](O)[C@H](O[C@@H]7O[C@H](CO)[C@@H](O)[C@H](O)[C@H]7O)[C@@](C)(C(=O)O)[C@@H]6CC[C@@]5(C)[C@]3(CO)CC4)[C@@H]2O[C@@H]2O[C@@H](C)[C@H](O[C@@H]3OC[C@@H](O)[C@H](O)[C@H]3O)[C@@H](O[C@@H]3OC[C@](O)(COC(=O)CC(C)(O)CC(=O)O)[C@H]3O)[C@H]2O)[C@H](O)[C@H](O)[C@H]1O. The van der Waals surface area contributed by atoms with Gasteiger partial charge in [0.05, 0.1) is 80.1 Å². The number of hydrogen-bond donors (Lipinski definition) is 19. The molecule has 6 saturated heterocycles. The number of carbonyl (C=O) groups excluding carboxylic acids is 2. The molecule has 11 rings (SSSR count). The summed E-state index contributed by atoms with van der Waals surface area (Å²) >= 11 is 0. The van der Waals surface area contributed by atoms with E-state index >= 15 is 4.79 Å². The van der Waals surface area contributed by atoms with E-state index in [1.165, 1.54) is 27.7 Å². The summed E-state index contributed by atoms with van der Waals surface area (Å²) in [5.74, 6) is -6.65. The minimum absolute atomic E-state index is 0.0352. The van der Waals surface area contributed by atoms with Gasteiger partial charge in [-0.05, 0) is 126 Å². The summed E-state index contributed by atoms with van der Waals surface area (Å²) in [5, 5.41) is 212. The van der Waals surface area contributed by atoms with Crippen LogP contribution in [-0.2, 0) is 80.8 Å². The summed E-state index contributed by atoms with van der Waals surface area (Å²) in [6.07, 6.45) is -47.8. The van der Waals surface area contributed by atoms with Crippen LogP contribution in [0.5, 0.6) is 0 Å². The smallest absolute Gasteiger partial charge is 0.315 e. The predicted molar refractivity (Wildman–Crippen MR) is 348 cm³/mol. The Morgan fingerprint density at radius 3 is 1.80 bits per heavy atom. The number of carboxylic acids is 2. The van der Waals surface area contributed by atoms with E-state index in [-0.39, 0.29) is 38.5 Å². The Hall–Kier alpha value is -3.50. The first-order valence-electron chi connectivity index (χ1n) is 36.6. The number of aliphatic hydroxyl groups is 17. The molecule has 0 amide bonds. The van der Waals surface area contributed by atoms with Gasteiger partial charge in [0.2, 0.25) is 6.29 Å². The Morgan fingerprint density at radius 1 is 0.575 bits per heavy atom. The zero-order chi connectivity index (χ0) is 78.0. The van der Waals surface area contributed by atoms with Crippen LogP contribution in [0.2, 0.25) is 0 Å². The highest BCUT2D eigenvalue weighted by Crippen LogP contribution is 2.76. The Labute approximate surface area is 610 Å². The number of aliphatic carboxylic acids is 2. The molecule has 19 N–H and O–H groups in total. The fraction of sp³-hybridized carbons (Fsp3) is 0.914. The number of aliphatic hydroxyl groups excluding tert-OH is 15. The summed E-state index contributed by atoms with van der Waals surface area (Å²) in [6, 6.07) is 0. The van der Waals surface area contributed by atoms with Crippen LogP contribution in [-0.4, -0.2) is 337 Å². The van der Waals surface area contributed by atoms with E-state index in [0.717, 1.165) is 12.5 Å². The number of esters is 2. The van der Waals surface area contributed by atoms with Crippen molar-refractivity contribution in [2.75, 3.05) is 33.0 Å². The summed E-state index contributed by atoms with van der Waals surface area (Å²) in [7, 11) is 0. The summed E-state index contributed by atoms with van der Waals surface area (Å²) in [6.45, 7) is 11.1. The molecule has 10 fully saturated rings. The van der Waals surface area contributed by atoms with E-state index in [4.69, 9.17) is 61.6 Å². The number of carboxylic acid groups (broad SMARTS) is 2. The highest BCUT2D eigenvalue weighted by Gasteiger charge is 2.74. The number of carbonyl (C=O) groups is 4. The Bertz CT molecular complexity index is 3160. The van der Waals surface area contributed by atoms with Crippen molar-refractivity contribution in [3.8, 4) is 0 Å². The van der Waals surface area contributed by atoms with Crippen LogP contribution >= 0.6 is 0 Å². The molecule has 0 aromatic carbocycles. The van der Waals surface area contributed by atoms with Gasteiger partial charge >= 0.3 is 23.9 Å². The highest BCUT2D eigenvalue weighted by atomic mass is 16.8. The third-order valence-electron chi connectivity index (χ3n) is 26.2. The second kappa shape index (κ2) is 30.8. The molecule has 6 aliphatic heterocycles. The van der Waals surface area contributed by atoms with Crippen LogP contribution in [0.1, 0.15) is 133 Å². The van der Waals surface area contributed by atoms with Gasteiger partial charge in [-0.1, -0.05) is 39.3 Å². The van der Waals surface area contributed by atoms with E-state index in [9.17, 15) is 111 Å². The van der Waals surface area contributed by atoms with Gasteiger partial charge in [0, 0.05) is 5.41 Å². The average Bonchev–Trinajstić information content (AvgIpc) is 0.741. The zero-order valence-electron chi connectivity index (χ0n) is 60.7. The molecular weight excluding hydrogens is 1420 g/mol. The minimum Gasteiger partial charge on any atom is -0.481 e. The maximum absolute atomic E-state index is 16.2. The fourth-order valence-electron chi connectivity index (χ4n) is 19.9. The van der Waals surface area contributed by atoms with Gasteiger partial charge < -0.3 is 159 Å². The van der Waals surface area contributed by atoms with Crippen LogP contribution in [0.4, 0.5) is 0 Å². The average molecular weight is 1530 g/mol. The summed E-state index contributed by atoms with van der Waals surface area (Å²) < 4.78 is 79.0. The van der Waals surface area contributed by atoms with Crippen molar-refractivity contribution in [2.45, 2.75) is 316 Å². The van der Waals surface area contributed by atoms with E-state index in [2.05, 4.69) is 6.92 Å². The van der Waals surface area contributed by atoms with Crippen molar-refractivity contribution >= 4 is 23.9 Å². The maximum Gasteiger partial charge on any atom is 0.315 e. The number of ether oxygens (including phenoxy) is 13. The van der Waals surface area contributed by atoms with Crippen molar-refractivity contribution < 1.29 is 178 Å². The van der Waals surface area contributed by atoms with Crippen LogP contribution in [0.3, 0.4) is 0 Å². The van der Waals surface area contributed by atoms with Gasteiger partial charge in [-0.2, -0.15) is 0 Å². The van der Waals surface area contributed by atoms with Crippen molar-refractivity contribution in [3.05, 3.63) is 11.6 Å². The molecule has 36 nitrogen and oxygen atoms in total. The molecule has 106 heavy (non-hydrogen) atoms. The van der Waals surface area contributed by atoms with Crippen molar-refractivity contribution in [2.24, 2.45) is 50.2 Å². The van der Waals surface area contributed by atoms with E-state index in [1.54, 1.807) is 0 Å². The lowest BCUT2D eigenvalue weighted by Gasteiger charge is -2.71. The Kier molecular flexibility index (Phi) is 24.2. The van der Waals surface area contributed by atoms with Crippen LogP contribution in [0, 0.1) is 50.2 Å². The van der Waals surface area contributed by atoms with Crippen LogP contribution < -0.4 is 0 Å². The first-order chi connectivity index (χ1) is 49.4. The lowest BCUT2D eigenvalue weighted by Crippen LogP contribution is -2.71. The Morgan fingerprint density at radius 2 is 1.15 bits per heavy atom. The number of allylic oxidation sites excluding steroid dienone is 1. The molecule has 0 aromatic rings. The molecule has 38 atom stereocenters. The third-order valence-corrected chi connectivity index (χ3v) is 26.2. The van der Waals surface area contributed by atoms with Crippen LogP contribution in [0.25, 0.3) is 0 Å². The lowest BCUT2D eigenvalue weighted by molar-refractivity contribution is -0.397. The van der Waals surface area contributed by atoms with Gasteiger partial charge in [0.25, 0.3) is 0 Å². The number of hydrogen-bond acceptors (Lipinski definition) is 34. The van der Waals surface area contributed by atoms with Crippen molar-refractivity contribution in [3.63, 3.8) is 0 Å². The van der Waals surface area contributed by atoms with Gasteiger partial charge in [-0.25, -0.2) is 0 Å². The quantitative estimate of drug-likeness (QED) is 0.0291. The van der Waals surface area contributed by atoms with Gasteiger partial charge in [-0.3, -0.25) is 19.2 Å². The molecule has 36 heteroatoms. The largest absolute Gasteiger partial charge is 0.481 e. The summed E-state index contributed by atoms with van der Waals surface area (Å²) in [4.78, 5) is 54.4. The lowest BCUT2D eigenvalue weighted by atomic mass is 9.33. The molecule has 0 radical (unpaired) electrons. The monoisotopic (exact) mass is 1530 g/mol. The second-order valence-corrected chi connectivity index (χ2v) is 33.7. The molecule has 0 bridgehead atoms. The van der Waals surface area contributed by atoms with Gasteiger partial charge in [-0.15, -0.1) is 0 Å². The molecule has 11 aliphatic rings. The molecule has 4 saturated carbocycles. The third kappa shape index (κ3) is 14.7. The molecule has 0 spiro atoms. The predicted octanol–water partition coefficient (Wildman–Crippen LogP) is -4.85. The number of fused-ring (bicyclic) bond motifs is 7. The van der Waals surface area contributed by atoms with Crippen molar-refractivity contribution in [1.29, 1.82) is 0 Å². The first-order valence-corrected chi connectivity index (χ1v) is 36.6. The highest BCUT2D eigenvalue weighted by molar-refractivity contribution is 5.79. The van der Waals surface area contributed by atoms with Crippen LogP contribution in [0.15, 0.2) is 11.6 Å². The zero-order valence-corrected chi connectivity index (χ0v) is 60.7. The molecule has 606 valence electrons. The Balaban J connectivity index is 0.910. The molecule has 0 aromatic heterocycles. The molecule has 5 aliphatic carbocycles. The van der Waals surface area contributed by atoms with E-state index < -0.39 is 303 Å². The fourth-order valence-corrected chi connectivity index (χ4v) is 19.9. The minimum atomic E-state index is -2.49. The molecule has 6 heterocycles. The molecular formula is C70H110O36. The standard InChI is InChI=1S/C70H110O36/c1-27-39(78)43(82)46(85)56(97-27)102-50-40(79)28(2)98-59(52(50)104-58-48(87)51(49(29(3)99-58)101-55-45(84)41(80)33(74)23-94-55)103-60-53(88)70(93,26-96-60)25-95-38(77)21-64(6,92)20-37(75)76)106-62(91)68-15-14-63(4,5)18-31(68)30-10-11-35-65(7)19-32(73)54(105-57-47(86)44(83)42(81)34(22-71)100-57)67(9,61(89)90)36(65)12-13-66(35,8)69(30,24-72)17-16-68/h10,27-29,31-36,39-60,71-74,78-88,92-93H,11-26H2,1-9H3,(H,75,76)(H,89,90)/t27-,28+,29-,31-,32-,33+,34+,35+,36+,39-,40-,41-,42+,43+,44-,45+,46+,47+,48+,49-,50-,51-,52+,53-,54-,55-,56-,57-,58-,59-,60-,64?,65+,66+,67-,68-,69-,70+/m0/s1. The van der Waals surface area contributed by atoms with E-state index in [1.807, 2.05) is 26.8 Å². The topological polar surface area (TPSA) is 573 Å². The number of rotatable bonds is 21. The normalized spacial score (nSPS) is 51.4. The van der Waals surface area contributed by atoms with Crippen molar-refractivity contribution in [1.82, 2.24) is 0 Å². The van der Waals surface area contributed by atoms with Gasteiger partial charge in [0.15, 0.2) is 43.2 Å². The summed E-state index contributed by atoms with van der Waals surface area (Å²) in [5.41, 5.74) is -10.6. The van der Waals surface area contributed by atoms with Gasteiger partial charge in [0.1, 0.15) is 110 Å². The first kappa shape index (κ1) is 83.4. The maximum atomic E-state index is 16.2. The molecule has 1 unspecified atom stereocenters. The van der Waals surface area contributed by atoms with E-state index in [0.29, 0.717) is 19.3 Å².